The maximum Gasteiger partial charge on any atom is 0.410 e. The number of nitrogens with zero attached hydrogens (tertiary/aromatic N) is 3. The van der Waals surface area contributed by atoms with Crippen molar-refractivity contribution >= 4 is 6.09 Å². The van der Waals surface area contributed by atoms with Crippen LogP contribution in [0.4, 0.5) is 4.79 Å². The Labute approximate surface area is 215 Å². The molecule has 32 heavy (non-hydrogen) atoms. The van der Waals surface area contributed by atoms with Gasteiger partial charge >= 0.3 is 6.09 Å². The average Bonchev–Trinajstić information content (AvgIpc) is 2.70. The summed E-state index contributed by atoms with van der Waals surface area (Å²) in [7, 11) is 2.03. The van der Waals surface area contributed by atoms with Gasteiger partial charge in [-0.05, 0) is 51.2 Å². The third kappa shape index (κ3) is 11.4. The van der Waals surface area contributed by atoms with Crippen LogP contribution in [0, 0.1) is 0 Å². The largest absolute Gasteiger partial charge is 1.00 e. The highest BCUT2D eigenvalue weighted by molar-refractivity contribution is 5.68. The Balaban J connectivity index is 0.00000480. The number of pyridine rings is 2. The minimum absolute atomic E-state index is 0. The monoisotopic (exact) mass is 571 g/mol. The maximum atomic E-state index is 12.4. The van der Waals surface area contributed by atoms with E-state index in [9.17, 15) is 4.79 Å². The van der Waals surface area contributed by atoms with E-state index in [2.05, 4.69) is 60.5 Å². The lowest BCUT2D eigenvalue weighted by Gasteiger charge is -2.27. The fourth-order valence-corrected chi connectivity index (χ4v) is 3.24. The van der Waals surface area contributed by atoms with Crippen LogP contribution in [0.25, 0.3) is 11.1 Å². The second-order valence-electron chi connectivity index (χ2n) is 8.96. The van der Waals surface area contributed by atoms with Crippen molar-refractivity contribution in [2.24, 2.45) is 7.05 Å². The number of hydrogen-bond acceptors (Lipinski definition) is 2. The van der Waals surface area contributed by atoms with E-state index in [1.165, 1.54) is 11.1 Å². The second-order valence-corrected chi connectivity index (χ2v) is 8.96. The zero-order valence-corrected chi connectivity index (χ0v) is 23.4. The van der Waals surface area contributed by atoms with Crippen LogP contribution in [0.3, 0.4) is 0 Å². The van der Waals surface area contributed by atoms with E-state index in [4.69, 9.17) is 4.74 Å². The molecular weight excluding hydrogens is 534 g/mol. The molecule has 0 bridgehead atoms. The zero-order valence-electron chi connectivity index (χ0n) is 20.2. The van der Waals surface area contributed by atoms with Gasteiger partial charge < -0.3 is 43.6 Å². The number of rotatable bonds is 10. The van der Waals surface area contributed by atoms with Crippen molar-refractivity contribution in [3.8, 4) is 11.1 Å². The summed E-state index contributed by atoms with van der Waals surface area (Å²) in [5.41, 5.74) is 2.02. The lowest BCUT2D eigenvalue weighted by molar-refractivity contribution is -0.697. The van der Waals surface area contributed by atoms with Gasteiger partial charge in [-0.2, -0.15) is 0 Å². The van der Waals surface area contributed by atoms with E-state index >= 15 is 0 Å². The lowest BCUT2D eigenvalue weighted by Crippen LogP contribution is -3.00. The second kappa shape index (κ2) is 15.4. The fourth-order valence-electron chi connectivity index (χ4n) is 3.24. The Morgan fingerprint density at radius 3 is 1.94 bits per heavy atom. The number of carbonyl (C=O) groups is 1. The third-order valence-corrected chi connectivity index (χ3v) is 4.98. The molecule has 0 saturated heterocycles. The highest BCUT2D eigenvalue weighted by Gasteiger charge is 2.21. The van der Waals surface area contributed by atoms with Gasteiger partial charge in [-0.1, -0.05) is 13.3 Å². The predicted octanol–water partition coefficient (Wildman–Crippen LogP) is -1.32. The predicted molar refractivity (Wildman–Crippen MR) is 120 cm³/mol. The molecule has 2 heterocycles. The molecule has 0 aliphatic rings. The standard InChI is InChI=1S/C25H39N3O2.2BrH/c1-6-7-16-28(24(29)30-25(2,3)4)17-10-8-9-15-27-20-13-23(14-21-27)22-11-18-26(5)19-12-22;;/h11-14,18-21H,6-10,15-17H2,1-5H3;2*1H/q+2;;/p-2. The van der Waals surface area contributed by atoms with Crippen LogP contribution in [0.5, 0.6) is 0 Å². The first-order valence-corrected chi connectivity index (χ1v) is 11.2. The zero-order chi connectivity index (χ0) is 22.0. The molecule has 2 aromatic rings. The number of halogens is 2. The van der Waals surface area contributed by atoms with Gasteiger partial charge in [0.05, 0.1) is 0 Å². The van der Waals surface area contributed by atoms with Gasteiger partial charge in [0, 0.05) is 43.8 Å². The van der Waals surface area contributed by atoms with E-state index in [-0.39, 0.29) is 40.1 Å². The first-order valence-electron chi connectivity index (χ1n) is 11.2. The molecule has 0 aromatic carbocycles. The van der Waals surface area contributed by atoms with Crippen LogP contribution in [-0.2, 0) is 18.3 Å². The van der Waals surface area contributed by atoms with Crippen molar-refractivity contribution < 1.29 is 52.6 Å². The number of aromatic nitrogens is 2. The number of ether oxygens (including phenoxy) is 1. The van der Waals surface area contributed by atoms with E-state index in [0.29, 0.717) is 0 Å². The smallest absolute Gasteiger partial charge is 0.410 e. The van der Waals surface area contributed by atoms with Crippen LogP contribution in [0.15, 0.2) is 49.1 Å². The van der Waals surface area contributed by atoms with Gasteiger partial charge in [0.15, 0.2) is 24.8 Å². The summed E-state index contributed by atoms with van der Waals surface area (Å²) in [6, 6.07) is 8.61. The molecule has 0 N–H and O–H groups in total. The highest BCUT2D eigenvalue weighted by Crippen LogP contribution is 2.15. The van der Waals surface area contributed by atoms with Crippen LogP contribution in [-0.4, -0.2) is 29.7 Å². The number of carbonyl (C=O) groups excluding carboxylic acids is 1. The third-order valence-electron chi connectivity index (χ3n) is 4.98. The van der Waals surface area contributed by atoms with Gasteiger partial charge in [0.25, 0.3) is 0 Å². The van der Waals surface area contributed by atoms with Gasteiger partial charge in [0.1, 0.15) is 19.2 Å². The molecule has 7 heteroatoms. The molecular formula is C25H39Br2N3O2. The summed E-state index contributed by atoms with van der Waals surface area (Å²) < 4.78 is 9.83. The topological polar surface area (TPSA) is 37.3 Å². The average molecular weight is 573 g/mol. The van der Waals surface area contributed by atoms with Gasteiger partial charge in [0.2, 0.25) is 0 Å². The lowest BCUT2D eigenvalue weighted by atomic mass is 10.1. The number of aryl methyl sites for hydroxylation is 2. The van der Waals surface area contributed by atoms with E-state index < -0.39 is 5.60 Å². The Morgan fingerprint density at radius 2 is 1.41 bits per heavy atom. The maximum absolute atomic E-state index is 12.4. The molecule has 0 fully saturated rings. The van der Waals surface area contributed by atoms with Crippen molar-refractivity contribution in [2.75, 3.05) is 13.1 Å². The quantitative estimate of drug-likeness (QED) is 0.262. The van der Waals surface area contributed by atoms with Crippen molar-refractivity contribution in [1.29, 1.82) is 0 Å². The Kier molecular flexibility index (Phi) is 14.7. The Hall–Kier alpha value is -1.47. The summed E-state index contributed by atoms with van der Waals surface area (Å²) in [4.78, 5) is 14.3. The summed E-state index contributed by atoms with van der Waals surface area (Å²) in [6.07, 6.45) is 13.5. The minimum Gasteiger partial charge on any atom is -1.00 e. The molecule has 0 aliphatic heterocycles. The highest BCUT2D eigenvalue weighted by atomic mass is 79.9. The Morgan fingerprint density at radius 1 is 0.875 bits per heavy atom. The van der Waals surface area contributed by atoms with Crippen molar-refractivity contribution in [2.45, 2.75) is 71.9 Å². The molecule has 180 valence electrons. The normalized spacial score (nSPS) is 10.7. The van der Waals surface area contributed by atoms with E-state index in [1.54, 1.807) is 0 Å². The number of unbranched alkanes of at least 4 members (excludes halogenated alkanes) is 3. The summed E-state index contributed by atoms with van der Waals surface area (Å²) in [5.74, 6) is 0. The van der Waals surface area contributed by atoms with Gasteiger partial charge in [-0.15, -0.1) is 0 Å². The number of hydrogen-bond donors (Lipinski definition) is 0. The molecule has 0 saturated carbocycles. The molecule has 2 aromatic heterocycles. The molecule has 1 amide bonds. The molecule has 0 aliphatic carbocycles. The van der Waals surface area contributed by atoms with Gasteiger partial charge in [-0.3, -0.25) is 0 Å². The molecule has 0 radical (unpaired) electrons. The Bertz CT molecular complexity index is 775. The van der Waals surface area contributed by atoms with Crippen molar-refractivity contribution in [3.05, 3.63) is 49.1 Å². The minimum atomic E-state index is -0.443. The summed E-state index contributed by atoms with van der Waals surface area (Å²) >= 11 is 0. The van der Waals surface area contributed by atoms with Crippen LogP contribution < -0.4 is 43.1 Å². The SMILES string of the molecule is CCCCN(CCCCC[n+]1ccc(-c2cc[n+](C)cc2)cc1)C(=O)OC(C)(C)C.[Br-].[Br-]. The van der Waals surface area contributed by atoms with Crippen molar-refractivity contribution in [1.82, 2.24) is 4.90 Å². The van der Waals surface area contributed by atoms with Crippen LogP contribution in [0.2, 0.25) is 0 Å². The number of amides is 1. The molecule has 2 rings (SSSR count). The van der Waals surface area contributed by atoms with Crippen LogP contribution in [0.1, 0.15) is 59.8 Å². The van der Waals surface area contributed by atoms with Crippen molar-refractivity contribution in [3.63, 3.8) is 0 Å². The molecule has 0 unspecified atom stereocenters. The first kappa shape index (κ1) is 30.5. The fraction of sp³-hybridized carbons (Fsp3) is 0.560. The molecule has 5 nitrogen and oxygen atoms in total. The first-order chi connectivity index (χ1) is 14.3. The molecule has 0 atom stereocenters. The summed E-state index contributed by atoms with van der Waals surface area (Å²) in [6.45, 7) is 10.4. The summed E-state index contributed by atoms with van der Waals surface area (Å²) in [5, 5.41) is 0. The van der Waals surface area contributed by atoms with E-state index in [0.717, 1.165) is 51.7 Å². The molecule has 0 spiro atoms. The van der Waals surface area contributed by atoms with Gasteiger partial charge in [-0.25, -0.2) is 13.9 Å². The van der Waals surface area contributed by atoms with E-state index in [1.807, 2.05) is 37.3 Å². The van der Waals surface area contributed by atoms with Crippen LogP contribution >= 0.6 is 0 Å².